The molecule has 0 aliphatic rings. The van der Waals surface area contributed by atoms with E-state index in [1.165, 1.54) is 0 Å². The van der Waals surface area contributed by atoms with E-state index < -0.39 is 0 Å². The van der Waals surface area contributed by atoms with Crippen LogP contribution in [-0.2, 0) is 13.2 Å². The predicted octanol–water partition coefficient (Wildman–Crippen LogP) is 3.13. The Morgan fingerprint density at radius 1 is 1.00 bits per heavy atom. The van der Waals surface area contributed by atoms with E-state index in [0.29, 0.717) is 26.3 Å². The zero-order valence-electron chi connectivity index (χ0n) is 13.8. The molecule has 0 heterocycles. The molecule has 2 rings (SSSR count). The van der Waals surface area contributed by atoms with Crippen molar-refractivity contribution >= 4 is 0 Å². The first-order valence-electron chi connectivity index (χ1n) is 8.00. The third-order valence-electron chi connectivity index (χ3n) is 3.31. The van der Waals surface area contributed by atoms with Crippen LogP contribution in [0.5, 0.6) is 11.5 Å². The van der Waals surface area contributed by atoms with E-state index in [1.54, 1.807) is 6.92 Å². The van der Waals surface area contributed by atoms with E-state index in [1.807, 2.05) is 55.5 Å². The van der Waals surface area contributed by atoms with Gasteiger partial charge < -0.3 is 19.9 Å². The summed E-state index contributed by atoms with van der Waals surface area (Å²) in [5, 5.41) is 12.5. The van der Waals surface area contributed by atoms with Crippen LogP contribution in [0.3, 0.4) is 0 Å². The van der Waals surface area contributed by atoms with Gasteiger partial charge in [-0.15, -0.1) is 0 Å². The molecule has 2 N–H and O–H groups in total. The van der Waals surface area contributed by atoms with Gasteiger partial charge in [0.05, 0.1) is 12.7 Å². The summed E-state index contributed by atoms with van der Waals surface area (Å²) in [5.74, 6) is 1.50. The maximum atomic E-state index is 9.28. The summed E-state index contributed by atoms with van der Waals surface area (Å²) in [7, 11) is 0. The largest absolute Gasteiger partial charge is 0.490 e. The van der Waals surface area contributed by atoms with E-state index in [4.69, 9.17) is 9.47 Å². The lowest BCUT2D eigenvalue weighted by Gasteiger charge is -2.14. The molecule has 0 fully saturated rings. The smallest absolute Gasteiger partial charge is 0.161 e. The first-order valence-corrected chi connectivity index (χ1v) is 8.00. The molecular formula is C19H25NO3. The summed E-state index contributed by atoms with van der Waals surface area (Å²) in [6, 6.07) is 16.0. The molecule has 0 saturated heterocycles. The van der Waals surface area contributed by atoms with Gasteiger partial charge in [-0.2, -0.15) is 0 Å². The second kappa shape index (κ2) is 9.18. The highest BCUT2D eigenvalue weighted by Gasteiger charge is 2.07. The maximum Gasteiger partial charge on any atom is 0.161 e. The third-order valence-corrected chi connectivity index (χ3v) is 3.31. The van der Waals surface area contributed by atoms with Gasteiger partial charge in [-0.1, -0.05) is 36.4 Å². The van der Waals surface area contributed by atoms with Crippen molar-refractivity contribution in [1.82, 2.24) is 5.32 Å². The molecule has 23 heavy (non-hydrogen) atoms. The van der Waals surface area contributed by atoms with Crippen LogP contribution in [0, 0.1) is 0 Å². The van der Waals surface area contributed by atoms with Crippen LogP contribution >= 0.6 is 0 Å². The molecule has 2 aromatic rings. The Labute approximate surface area is 138 Å². The lowest BCUT2D eigenvalue weighted by atomic mass is 10.2. The lowest BCUT2D eigenvalue weighted by Crippen LogP contribution is -2.23. The van der Waals surface area contributed by atoms with Crippen molar-refractivity contribution in [1.29, 1.82) is 0 Å². The highest BCUT2D eigenvalue weighted by molar-refractivity contribution is 5.43. The molecule has 0 saturated carbocycles. The van der Waals surface area contributed by atoms with E-state index in [-0.39, 0.29) is 6.10 Å². The van der Waals surface area contributed by atoms with Crippen LogP contribution in [0.4, 0.5) is 0 Å². The van der Waals surface area contributed by atoms with Crippen LogP contribution in [-0.4, -0.2) is 24.4 Å². The van der Waals surface area contributed by atoms with Crippen LogP contribution in [0.15, 0.2) is 48.5 Å². The Morgan fingerprint density at radius 3 is 2.48 bits per heavy atom. The Kier molecular flexibility index (Phi) is 6.91. The summed E-state index contributed by atoms with van der Waals surface area (Å²) < 4.78 is 11.6. The van der Waals surface area contributed by atoms with Gasteiger partial charge in [-0.05, 0) is 37.1 Å². The average Bonchev–Trinajstić information content (AvgIpc) is 2.55. The van der Waals surface area contributed by atoms with Gasteiger partial charge in [0.25, 0.3) is 0 Å². The van der Waals surface area contributed by atoms with Crippen LogP contribution in [0.25, 0.3) is 0 Å². The number of aliphatic hydroxyl groups is 1. The molecule has 0 unspecified atom stereocenters. The fourth-order valence-electron chi connectivity index (χ4n) is 2.21. The monoisotopic (exact) mass is 315 g/mol. The van der Waals surface area contributed by atoms with Crippen molar-refractivity contribution in [3.63, 3.8) is 0 Å². The first-order chi connectivity index (χ1) is 11.2. The van der Waals surface area contributed by atoms with Crippen molar-refractivity contribution in [2.45, 2.75) is 33.1 Å². The highest BCUT2D eigenvalue weighted by Crippen LogP contribution is 2.29. The minimum atomic E-state index is -0.352. The molecule has 0 amide bonds. The van der Waals surface area contributed by atoms with Gasteiger partial charge in [-0.3, -0.25) is 0 Å². The Hall–Kier alpha value is -2.04. The van der Waals surface area contributed by atoms with E-state index in [2.05, 4.69) is 5.32 Å². The fourth-order valence-corrected chi connectivity index (χ4v) is 2.21. The van der Waals surface area contributed by atoms with Crippen LogP contribution in [0.2, 0.25) is 0 Å². The van der Waals surface area contributed by atoms with Crippen molar-refractivity contribution in [2.24, 2.45) is 0 Å². The summed E-state index contributed by atoms with van der Waals surface area (Å²) >= 11 is 0. The number of hydrogen-bond acceptors (Lipinski definition) is 4. The highest BCUT2D eigenvalue weighted by atomic mass is 16.5. The minimum Gasteiger partial charge on any atom is -0.490 e. The van der Waals surface area contributed by atoms with Gasteiger partial charge >= 0.3 is 0 Å². The van der Waals surface area contributed by atoms with Crippen molar-refractivity contribution < 1.29 is 14.6 Å². The number of ether oxygens (including phenoxy) is 2. The van der Waals surface area contributed by atoms with Crippen LogP contribution in [0.1, 0.15) is 25.0 Å². The fraction of sp³-hybridized carbons (Fsp3) is 0.368. The molecule has 0 aliphatic heterocycles. The molecule has 4 heteroatoms. The van der Waals surface area contributed by atoms with Crippen molar-refractivity contribution in [3.05, 3.63) is 59.7 Å². The molecule has 124 valence electrons. The predicted molar refractivity (Wildman–Crippen MR) is 91.8 cm³/mol. The van der Waals surface area contributed by atoms with Gasteiger partial charge in [0, 0.05) is 13.1 Å². The van der Waals surface area contributed by atoms with Gasteiger partial charge in [0.15, 0.2) is 11.5 Å². The van der Waals surface area contributed by atoms with E-state index in [9.17, 15) is 5.11 Å². The molecule has 2 aromatic carbocycles. The first kappa shape index (κ1) is 17.3. The molecule has 0 radical (unpaired) electrons. The molecule has 0 aliphatic carbocycles. The van der Waals surface area contributed by atoms with Gasteiger partial charge in [0.2, 0.25) is 0 Å². The summed E-state index contributed by atoms with van der Waals surface area (Å²) in [5.41, 5.74) is 2.22. The molecule has 0 spiro atoms. The number of aliphatic hydroxyl groups excluding tert-OH is 1. The minimum absolute atomic E-state index is 0.352. The number of nitrogens with one attached hydrogen (secondary N) is 1. The van der Waals surface area contributed by atoms with Crippen molar-refractivity contribution in [3.8, 4) is 11.5 Å². The second-order valence-electron chi connectivity index (χ2n) is 5.47. The Balaban J connectivity index is 2.00. The summed E-state index contributed by atoms with van der Waals surface area (Å²) in [6.45, 7) is 6.07. The Bertz CT molecular complexity index is 584. The van der Waals surface area contributed by atoms with Gasteiger partial charge in [0.1, 0.15) is 6.61 Å². The topological polar surface area (TPSA) is 50.7 Å². The number of hydrogen-bond donors (Lipinski definition) is 2. The quantitative estimate of drug-likeness (QED) is 0.746. The molecule has 4 nitrogen and oxygen atoms in total. The van der Waals surface area contributed by atoms with Crippen LogP contribution < -0.4 is 14.8 Å². The van der Waals surface area contributed by atoms with Crippen molar-refractivity contribution in [2.75, 3.05) is 13.2 Å². The second-order valence-corrected chi connectivity index (χ2v) is 5.47. The average molecular weight is 315 g/mol. The zero-order chi connectivity index (χ0) is 16.5. The Morgan fingerprint density at radius 2 is 1.78 bits per heavy atom. The number of rotatable bonds is 9. The zero-order valence-corrected chi connectivity index (χ0v) is 13.8. The SMILES string of the molecule is CCOc1cc(CNC[C@@H](C)O)ccc1OCc1ccccc1. The molecule has 1 atom stereocenters. The third kappa shape index (κ3) is 5.93. The lowest BCUT2D eigenvalue weighted by molar-refractivity contribution is 0.191. The van der Waals surface area contributed by atoms with E-state index >= 15 is 0 Å². The normalized spacial score (nSPS) is 12.0. The number of benzene rings is 2. The molecular weight excluding hydrogens is 290 g/mol. The van der Waals surface area contributed by atoms with E-state index in [0.717, 1.165) is 22.6 Å². The molecule has 0 bridgehead atoms. The summed E-state index contributed by atoms with van der Waals surface area (Å²) in [6.07, 6.45) is -0.352. The van der Waals surface area contributed by atoms with Gasteiger partial charge in [-0.25, -0.2) is 0 Å². The summed E-state index contributed by atoms with van der Waals surface area (Å²) in [4.78, 5) is 0. The molecule has 0 aromatic heterocycles. The standard InChI is InChI=1S/C19H25NO3/c1-3-22-19-11-17(13-20-12-15(2)21)9-10-18(19)23-14-16-7-5-4-6-8-16/h4-11,15,20-21H,3,12-14H2,1-2H3/t15-/m1/s1. The maximum absolute atomic E-state index is 9.28.